The van der Waals surface area contributed by atoms with E-state index >= 15 is 0 Å². The lowest BCUT2D eigenvalue weighted by Crippen LogP contribution is -2.46. The number of hydrogen-bond donors (Lipinski definition) is 2. The van der Waals surface area contributed by atoms with Crippen LogP contribution in [0.15, 0.2) is 18.2 Å². The van der Waals surface area contributed by atoms with Crippen LogP contribution in [0, 0.1) is 5.92 Å². The van der Waals surface area contributed by atoms with Gasteiger partial charge in [0.15, 0.2) is 11.5 Å². The highest BCUT2D eigenvalue weighted by Gasteiger charge is 2.44. The Labute approximate surface area is 154 Å². The Hall–Kier alpha value is -1.50. The molecule has 2 unspecified atom stereocenters. The van der Waals surface area contributed by atoms with Gasteiger partial charge in [0.05, 0.1) is 0 Å². The average molecular weight is 368 g/mol. The summed E-state index contributed by atoms with van der Waals surface area (Å²) in [7, 11) is 0. The molecule has 2 heterocycles. The highest BCUT2D eigenvalue weighted by Crippen LogP contribution is 2.49. The summed E-state index contributed by atoms with van der Waals surface area (Å²) in [5, 5.41) is 6.44. The lowest BCUT2D eigenvalue weighted by molar-refractivity contribution is -0.122. The molecule has 1 saturated heterocycles. The minimum atomic E-state index is 0. The third-order valence-corrected chi connectivity index (χ3v) is 5.06. The fourth-order valence-electron chi connectivity index (χ4n) is 3.55. The van der Waals surface area contributed by atoms with E-state index in [0.29, 0.717) is 19.1 Å². The van der Waals surface area contributed by atoms with Gasteiger partial charge in [0.25, 0.3) is 0 Å². The zero-order valence-electron chi connectivity index (χ0n) is 14.3. The molecule has 1 aromatic rings. The zero-order valence-corrected chi connectivity index (χ0v) is 15.1. The molecule has 1 aromatic carbocycles. The number of amides is 1. The smallest absolute Gasteiger partial charge is 0.223 e. The quantitative estimate of drug-likeness (QED) is 0.813. The largest absolute Gasteiger partial charge is 0.486 e. The lowest BCUT2D eigenvalue weighted by Gasteiger charge is -2.27. The van der Waals surface area contributed by atoms with Crippen molar-refractivity contribution in [3.05, 3.63) is 23.8 Å². The van der Waals surface area contributed by atoms with E-state index in [1.165, 1.54) is 5.56 Å². The van der Waals surface area contributed by atoms with Crippen LogP contribution in [0.3, 0.4) is 0 Å². The molecular weight excluding hydrogens is 342 g/mol. The van der Waals surface area contributed by atoms with Crippen LogP contribution >= 0.6 is 12.4 Å². The van der Waals surface area contributed by atoms with Gasteiger partial charge in [-0.15, -0.1) is 12.4 Å². The Morgan fingerprint density at radius 1 is 1.20 bits per heavy atom. The molecule has 1 amide bonds. The van der Waals surface area contributed by atoms with Crippen molar-refractivity contribution in [2.24, 2.45) is 5.92 Å². The van der Waals surface area contributed by atoms with Crippen molar-refractivity contribution >= 4 is 18.3 Å². The number of halogens is 1. The van der Waals surface area contributed by atoms with Gasteiger partial charge in [-0.1, -0.05) is 6.07 Å². The highest BCUT2D eigenvalue weighted by molar-refractivity contribution is 5.85. The van der Waals surface area contributed by atoms with Gasteiger partial charge in [-0.2, -0.15) is 0 Å². The Kier molecular flexibility index (Phi) is 6.04. The predicted molar refractivity (Wildman–Crippen MR) is 97.8 cm³/mol. The topological polar surface area (TPSA) is 62.8 Å². The summed E-state index contributed by atoms with van der Waals surface area (Å²) in [6, 6.07) is 6.06. The fraction of sp³-hybridized carbons (Fsp3) is 0.611. The first-order valence-corrected chi connectivity index (χ1v) is 8.91. The predicted octanol–water partition coefficient (Wildman–Crippen LogP) is 1.00. The second kappa shape index (κ2) is 8.25. The monoisotopic (exact) mass is 367 g/mol. The van der Waals surface area contributed by atoms with E-state index in [9.17, 15) is 4.79 Å². The van der Waals surface area contributed by atoms with Crippen molar-refractivity contribution in [2.75, 3.05) is 52.5 Å². The van der Waals surface area contributed by atoms with Gasteiger partial charge in [-0.25, -0.2) is 0 Å². The fourth-order valence-corrected chi connectivity index (χ4v) is 3.55. The first kappa shape index (κ1) is 18.3. The van der Waals surface area contributed by atoms with E-state index in [0.717, 1.165) is 57.2 Å². The number of carbonyl (C=O) groups excluding carboxylic acids is 1. The van der Waals surface area contributed by atoms with Crippen molar-refractivity contribution in [1.29, 1.82) is 0 Å². The van der Waals surface area contributed by atoms with E-state index in [2.05, 4.69) is 21.6 Å². The summed E-state index contributed by atoms with van der Waals surface area (Å²) in [4.78, 5) is 14.7. The van der Waals surface area contributed by atoms with Crippen LogP contribution in [0.25, 0.3) is 0 Å². The minimum Gasteiger partial charge on any atom is -0.486 e. The van der Waals surface area contributed by atoms with Gasteiger partial charge in [-0.05, 0) is 30.0 Å². The van der Waals surface area contributed by atoms with Crippen molar-refractivity contribution in [3.8, 4) is 11.5 Å². The van der Waals surface area contributed by atoms with Crippen LogP contribution in [-0.2, 0) is 4.79 Å². The van der Waals surface area contributed by atoms with Gasteiger partial charge in [0.1, 0.15) is 13.2 Å². The SMILES string of the molecule is Cl.O=C(NCCN1CCNCC1)C1CC1c1ccc2c(c1)OCCO2. The Bertz CT molecular complexity index is 607. The average Bonchev–Trinajstić information content (AvgIpc) is 3.43. The van der Waals surface area contributed by atoms with Gasteiger partial charge in [-0.3, -0.25) is 9.69 Å². The second-order valence-corrected chi connectivity index (χ2v) is 6.73. The van der Waals surface area contributed by atoms with Crippen LogP contribution in [0.1, 0.15) is 17.9 Å². The Morgan fingerprint density at radius 3 is 2.76 bits per heavy atom. The molecule has 7 heteroatoms. The maximum absolute atomic E-state index is 12.3. The first-order chi connectivity index (χ1) is 11.8. The molecule has 2 atom stereocenters. The van der Waals surface area contributed by atoms with Crippen LogP contribution < -0.4 is 20.1 Å². The third kappa shape index (κ3) is 4.37. The van der Waals surface area contributed by atoms with Crippen LogP contribution in [0.4, 0.5) is 0 Å². The summed E-state index contributed by atoms with van der Waals surface area (Å²) in [6.07, 6.45) is 0.930. The molecule has 1 saturated carbocycles. The standard InChI is InChI=1S/C18H25N3O3.ClH/c22-18(20-5-8-21-6-3-19-4-7-21)15-12-14(15)13-1-2-16-17(11-13)24-10-9-23-16;/h1-2,11,14-15,19H,3-10,12H2,(H,20,22);1H. The maximum atomic E-state index is 12.3. The van der Waals surface area contributed by atoms with Crippen LogP contribution in [-0.4, -0.2) is 63.3 Å². The third-order valence-electron chi connectivity index (χ3n) is 5.06. The molecule has 3 aliphatic rings. The summed E-state index contributed by atoms with van der Waals surface area (Å²) >= 11 is 0. The summed E-state index contributed by atoms with van der Waals surface area (Å²) < 4.78 is 11.2. The number of benzene rings is 1. The number of carbonyl (C=O) groups is 1. The minimum absolute atomic E-state index is 0. The molecule has 6 nitrogen and oxygen atoms in total. The first-order valence-electron chi connectivity index (χ1n) is 8.91. The van der Waals surface area contributed by atoms with Gasteiger partial charge >= 0.3 is 0 Å². The normalized spacial score (nSPS) is 25.0. The number of nitrogens with one attached hydrogen (secondary N) is 2. The molecule has 0 aromatic heterocycles. The number of rotatable bonds is 5. The number of piperazine rings is 1. The molecule has 2 fully saturated rings. The molecule has 2 aliphatic heterocycles. The molecule has 1 aliphatic carbocycles. The van der Waals surface area contributed by atoms with Gasteiger partial charge < -0.3 is 20.1 Å². The van der Waals surface area contributed by atoms with Gasteiger partial charge in [0.2, 0.25) is 5.91 Å². The molecule has 25 heavy (non-hydrogen) atoms. The molecule has 2 N–H and O–H groups in total. The molecule has 138 valence electrons. The van der Waals surface area contributed by atoms with Crippen LogP contribution in [0.2, 0.25) is 0 Å². The maximum Gasteiger partial charge on any atom is 0.223 e. The second-order valence-electron chi connectivity index (χ2n) is 6.73. The van der Waals surface area contributed by atoms with Crippen molar-refractivity contribution in [3.63, 3.8) is 0 Å². The number of hydrogen-bond acceptors (Lipinski definition) is 5. The summed E-state index contributed by atoms with van der Waals surface area (Å²) in [5.41, 5.74) is 1.18. The summed E-state index contributed by atoms with van der Waals surface area (Å²) in [5.74, 6) is 2.23. The van der Waals surface area contributed by atoms with E-state index in [-0.39, 0.29) is 24.2 Å². The molecule has 4 rings (SSSR count). The molecular formula is C18H26ClN3O3. The Morgan fingerprint density at radius 2 is 1.96 bits per heavy atom. The summed E-state index contributed by atoms with van der Waals surface area (Å²) in [6.45, 7) is 7.10. The lowest BCUT2D eigenvalue weighted by atomic mass is 10.1. The molecule has 0 radical (unpaired) electrons. The van der Waals surface area contributed by atoms with E-state index in [4.69, 9.17) is 9.47 Å². The van der Waals surface area contributed by atoms with Crippen molar-refractivity contribution in [2.45, 2.75) is 12.3 Å². The van der Waals surface area contributed by atoms with Crippen molar-refractivity contribution < 1.29 is 14.3 Å². The van der Waals surface area contributed by atoms with Crippen LogP contribution in [0.5, 0.6) is 11.5 Å². The molecule has 0 spiro atoms. The number of fused-ring (bicyclic) bond motifs is 1. The Balaban J connectivity index is 0.00000182. The van der Waals surface area contributed by atoms with E-state index in [1.54, 1.807) is 0 Å². The zero-order chi connectivity index (χ0) is 16.4. The van der Waals surface area contributed by atoms with Gasteiger partial charge in [0, 0.05) is 45.2 Å². The van der Waals surface area contributed by atoms with E-state index in [1.807, 2.05) is 12.1 Å². The molecule has 0 bridgehead atoms. The van der Waals surface area contributed by atoms with E-state index < -0.39 is 0 Å². The van der Waals surface area contributed by atoms with Crippen molar-refractivity contribution in [1.82, 2.24) is 15.5 Å². The number of nitrogens with zero attached hydrogens (tertiary/aromatic N) is 1. The highest BCUT2D eigenvalue weighted by atomic mass is 35.5. The number of ether oxygens (including phenoxy) is 2.